The first-order valence-corrected chi connectivity index (χ1v) is 3.56. The normalized spacial score (nSPS) is 17.2. The Bertz CT molecular complexity index is 390. The van der Waals surface area contributed by atoms with Gasteiger partial charge in [0.25, 0.3) is 0 Å². The van der Waals surface area contributed by atoms with Crippen LogP contribution in [-0.2, 0) is 0 Å². The molecule has 0 saturated carbocycles. The molecular weight excluding hydrogens is 180 g/mol. The lowest BCUT2D eigenvalue weighted by Gasteiger charge is -1.99. The van der Waals surface area contributed by atoms with E-state index in [-0.39, 0.29) is 23.6 Å². The smallest absolute Gasteiger partial charge is 0.167 e. The Morgan fingerprint density at radius 1 is 1.31 bits per heavy atom. The lowest BCUT2D eigenvalue weighted by Crippen LogP contribution is -2.03. The minimum Gasteiger partial charge on any atom is -0.483 e. The molecule has 0 unspecified atom stereocenters. The second kappa shape index (κ2) is 2.69. The quantitative estimate of drug-likeness (QED) is 0.492. The third kappa shape index (κ3) is 1.04. The summed E-state index contributed by atoms with van der Waals surface area (Å²) in [7, 11) is 0. The largest absolute Gasteiger partial charge is 0.483 e. The van der Waals surface area contributed by atoms with Crippen LogP contribution in [-0.4, -0.2) is 17.5 Å². The van der Waals surface area contributed by atoms with Crippen LogP contribution in [0.1, 0.15) is 5.56 Å². The van der Waals surface area contributed by atoms with Crippen LogP contribution in [0.2, 0.25) is 0 Å². The van der Waals surface area contributed by atoms with Gasteiger partial charge in [0.15, 0.2) is 11.6 Å². The van der Waals surface area contributed by atoms with Crippen LogP contribution in [0.3, 0.4) is 0 Å². The van der Waals surface area contributed by atoms with Gasteiger partial charge >= 0.3 is 0 Å². The molecule has 0 spiro atoms. The molecule has 0 aliphatic carbocycles. The molecule has 0 amide bonds. The van der Waals surface area contributed by atoms with Gasteiger partial charge in [-0.2, -0.15) is 0 Å². The third-order valence-corrected chi connectivity index (χ3v) is 1.82. The number of ether oxygens (including phenoxy) is 1. The van der Waals surface area contributed by atoms with Gasteiger partial charge in [-0.25, -0.2) is 8.78 Å². The summed E-state index contributed by atoms with van der Waals surface area (Å²) in [6.07, 6.45) is 0. The standard InChI is InChI=1S/C8H5F2NO2/c9-4-1-2-5(10)8-7(4)6(11-12)3-13-8/h1-2,12H,3H2/b11-6-. The Morgan fingerprint density at radius 2 is 2.00 bits per heavy atom. The van der Waals surface area contributed by atoms with Gasteiger partial charge in [-0.15, -0.1) is 0 Å². The summed E-state index contributed by atoms with van der Waals surface area (Å²) in [4.78, 5) is 0. The first-order chi connectivity index (χ1) is 6.24. The predicted octanol–water partition coefficient (Wildman–Crippen LogP) is 1.54. The zero-order chi connectivity index (χ0) is 9.42. The van der Waals surface area contributed by atoms with Crippen molar-refractivity contribution >= 4 is 5.71 Å². The van der Waals surface area contributed by atoms with Gasteiger partial charge in [-0.1, -0.05) is 5.16 Å². The maximum Gasteiger partial charge on any atom is 0.167 e. The fraction of sp³-hybridized carbons (Fsp3) is 0.125. The average molecular weight is 185 g/mol. The Balaban J connectivity index is 2.69. The van der Waals surface area contributed by atoms with Gasteiger partial charge < -0.3 is 9.94 Å². The molecule has 68 valence electrons. The molecule has 5 heteroatoms. The molecule has 0 saturated heterocycles. The molecule has 1 N–H and O–H groups in total. The van der Waals surface area contributed by atoms with E-state index < -0.39 is 11.6 Å². The zero-order valence-electron chi connectivity index (χ0n) is 6.42. The highest BCUT2D eigenvalue weighted by Crippen LogP contribution is 2.30. The molecule has 0 bridgehead atoms. The Kier molecular flexibility index (Phi) is 1.65. The first kappa shape index (κ1) is 7.97. The first-order valence-electron chi connectivity index (χ1n) is 3.56. The number of fused-ring (bicyclic) bond motifs is 1. The number of benzene rings is 1. The minimum atomic E-state index is -0.657. The molecule has 2 rings (SSSR count). The molecule has 0 radical (unpaired) electrons. The van der Waals surface area contributed by atoms with E-state index in [0.717, 1.165) is 12.1 Å². The Morgan fingerprint density at radius 3 is 2.69 bits per heavy atom. The Labute approximate surface area is 72.2 Å². The summed E-state index contributed by atoms with van der Waals surface area (Å²) in [6.45, 7) is -0.107. The molecule has 13 heavy (non-hydrogen) atoms. The monoisotopic (exact) mass is 185 g/mol. The van der Waals surface area contributed by atoms with Gasteiger partial charge in [-0.05, 0) is 12.1 Å². The van der Waals surface area contributed by atoms with Crippen molar-refractivity contribution in [3.05, 3.63) is 29.3 Å². The van der Waals surface area contributed by atoms with Gasteiger partial charge in [0.05, 0.1) is 5.56 Å². The second-order valence-corrected chi connectivity index (χ2v) is 2.57. The van der Waals surface area contributed by atoms with E-state index in [1.54, 1.807) is 0 Å². The number of hydrogen-bond donors (Lipinski definition) is 1. The summed E-state index contributed by atoms with van der Waals surface area (Å²) in [5.41, 5.74) is -0.0884. The van der Waals surface area contributed by atoms with Crippen LogP contribution in [0.15, 0.2) is 17.3 Å². The summed E-state index contributed by atoms with van der Waals surface area (Å²) in [6, 6.07) is 1.93. The fourth-order valence-electron chi connectivity index (χ4n) is 1.23. The van der Waals surface area contributed by atoms with E-state index in [1.165, 1.54) is 0 Å². The summed E-state index contributed by atoms with van der Waals surface area (Å²) >= 11 is 0. The number of hydrogen-bond acceptors (Lipinski definition) is 3. The average Bonchev–Trinajstić information content (AvgIpc) is 2.56. The van der Waals surface area contributed by atoms with Crippen molar-refractivity contribution in [2.24, 2.45) is 5.16 Å². The number of oxime groups is 1. The molecular formula is C8H5F2NO2. The highest BCUT2D eigenvalue weighted by atomic mass is 19.1. The van der Waals surface area contributed by atoms with E-state index in [9.17, 15) is 8.78 Å². The molecule has 3 nitrogen and oxygen atoms in total. The predicted molar refractivity (Wildman–Crippen MR) is 40.2 cm³/mol. The molecule has 0 aromatic heterocycles. The third-order valence-electron chi connectivity index (χ3n) is 1.82. The van der Waals surface area contributed by atoms with Crippen LogP contribution >= 0.6 is 0 Å². The SMILES string of the molecule is O/N=C1/COc2c(F)ccc(F)c21. The molecule has 0 atom stereocenters. The van der Waals surface area contributed by atoms with Gasteiger partial charge in [0.1, 0.15) is 18.1 Å². The molecule has 1 heterocycles. The topological polar surface area (TPSA) is 41.8 Å². The number of nitrogens with zero attached hydrogens (tertiary/aromatic N) is 1. The van der Waals surface area contributed by atoms with Crippen LogP contribution < -0.4 is 4.74 Å². The van der Waals surface area contributed by atoms with E-state index in [0.29, 0.717) is 0 Å². The zero-order valence-corrected chi connectivity index (χ0v) is 6.42. The highest BCUT2D eigenvalue weighted by Gasteiger charge is 2.27. The molecule has 1 aliphatic rings. The van der Waals surface area contributed by atoms with Crippen molar-refractivity contribution < 1.29 is 18.7 Å². The van der Waals surface area contributed by atoms with E-state index in [1.807, 2.05) is 0 Å². The van der Waals surface area contributed by atoms with Crippen LogP contribution in [0.25, 0.3) is 0 Å². The van der Waals surface area contributed by atoms with Crippen LogP contribution in [0.4, 0.5) is 8.78 Å². The second-order valence-electron chi connectivity index (χ2n) is 2.57. The van der Waals surface area contributed by atoms with Crippen molar-refractivity contribution in [2.75, 3.05) is 6.61 Å². The van der Waals surface area contributed by atoms with Gasteiger partial charge in [-0.3, -0.25) is 0 Å². The maximum absolute atomic E-state index is 13.1. The molecule has 1 aliphatic heterocycles. The van der Waals surface area contributed by atoms with Crippen molar-refractivity contribution in [3.63, 3.8) is 0 Å². The van der Waals surface area contributed by atoms with Crippen LogP contribution in [0, 0.1) is 11.6 Å². The number of halogens is 2. The van der Waals surface area contributed by atoms with Crippen molar-refractivity contribution in [1.29, 1.82) is 0 Å². The van der Waals surface area contributed by atoms with Crippen molar-refractivity contribution in [2.45, 2.75) is 0 Å². The van der Waals surface area contributed by atoms with E-state index in [4.69, 9.17) is 9.94 Å². The number of rotatable bonds is 0. The summed E-state index contributed by atoms with van der Waals surface area (Å²) in [5.74, 6) is -1.50. The van der Waals surface area contributed by atoms with Crippen molar-refractivity contribution in [3.8, 4) is 5.75 Å². The highest BCUT2D eigenvalue weighted by molar-refractivity contribution is 6.06. The van der Waals surface area contributed by atoms with Crippen LogP contribution in [0.5, 0.6) is 5.75 Å². The fourth-order valence-corrected chi connectivity index (χ4v) is 1.23. The molecule has 1 aromatic carbocycles. The Hall–Kier alpha value is -1.65. The lowest BCUT2D eigenvalue weighted by atomic mass is 10.1. The summed E-state index contributed by atoms with van der Waals surface area (Å²) < 4.78 is 30.8. The van der Waals surface area contributed by atoms with Crippen molar-refractivity contribution in [1.82, 2.24) is 0 Å². The lowest BCUT2D eigenvalue weighted by molar-refractivity contribution is 0.312. The minimum absolute atomic E-state index is 0.00648. The van der Waals surface area contributed by atoms with Gasteiger partial charge in [0, 0.05) is 0 Å². The molecule has 1 aromatic rings. The maximum atomic E-state index is 13.1. The van der Waals surface area contributed by atoms with E-state index in [2.05, 4.69) is 5.16 Å². The molecule has 0 fully saturated rings. The summed E-state index contributed by atoms with van der Waals surface area (Å²) in [5, 5.41) is 11.3. The van der Waals surface area contributed by atoms with Gasteiger partial charge in [0.2, 0.25) is 0 Å². The van der Waals surface area contributed by atoms with E-state index >= 15 is 0 Å².